The fourth-order valence-corrected chi connectivity index (χ4v) is 2.36. The van der Waals surface area contributed by atoms with E-state index in [1.165, 1.54) is 51.1 Å². The lowest BCUT2D eigenvalue weighted by Crippen LogP contribution is -2.11. The van der Waals surface area contributed by atoms with Crippen molar-refractivity contribution in [3.63, 3.8) is 0 Å². The highest BCUT2D eigenvalue weighted by atomic mass is 35.5. The monoisotopic (exact) mass is 310 g/mol. The van der Waals surface area contributed by atoms with Gasteiger partial charge in [-0.1, -0.05) is 69.9 Å². The number of carbonyl (C=O) groups excluding carboxylic acids is 1. The lowest BCUT2D eigenvalue weighted by molar-refractivity contribution is -0.116. The van der Waals surface area contributed by atoms with Crippen LogP contribution in [0.1, 0.15) is 71.1 Å². The molecule has 0 bridgehead atoms. The maximum Gasteiger partial charge on any atom is 0.225 e. The van der Waals surface area contributed by atoms with E-state index in [2.05, 4.69) is 17.2 Å². The van der Waals surface area contributed by atoms with E-state index in [-0.39, 0.29) is 5.91 Å². The van der Waals surface area contributed by atoms with Gasteiger partial charge in [0, 0.05) is 12.6 Å². The number of unbranched alkanes of at least 4 members (excludes halogenated alkanes) is 8. The fourth-order valence-electron chi connectivity index (χ4n) is 2.25. The topological polar surface area (TPSA) is 42.0 Å². The maximum atomic E-state index is 11.7. The van der Waals surface area contributed by atoms with Gasteiger partial charge in [0.05, 0.1) is 5.02 Å². The minimum Gasteiger partial charge on any atom is -0.311 e. The van der Waals surface area contributed by atoms with Crippen LogP contribution in [0.2, 0.25) is 5.02 Å². The Bertz CT molecular complexity index is 392. The van der Waals surface area contributed by atoms with Gasteiger partial charge >= 0.3 is 0 Å². The summed E-state index contributed by atoms with van der Waals surface area (Å²) in [5.41, 5.74) is 0. The molecule has 0 aromatic carbocycles. The summed E-state index contributed by atoms with van der Waals surface area (Å²) in [7, 11) is 0. The number of pyridine rings is 1. The van der Waals surface area contributed by atoms with Gasteiger partial charge in [-0.3, -0.25) is 4.79 Å². The molecular formula is C17H27ClN2O. The van der Waals surface area contributed by atoms with Crippen LogP contribution >= 0.6 is 11.6 Å². The summed E-state index contributed by atoms with van der Waals surface area (Å²) in [6.07, 6.45) is 13.4. The first-order chi connectivity index (χ1) is 10.2. The molecule has 0 unspecified atom stereocenters. The summed E-state index contributed by atoms with van der Waals surface area (Å²) >= 11 is 5.75. The van der Waals surface area contributed by atoms with Crippen LogP contribution in [0, 0.1) is 0 Å². The third kappa shape index (κ3) is 9.46. The number of hydrogen-bond donors (Lipinski definition) is 1. The first-order valence-electron chi connectivity index (χ1n) is 8.13. The average Bonchev–Trinajstić information content (AvgIpc) is 2.48. The number of nitrogens with one attached hydrogen (secondary N) is 1. The maximum absolute atomic E-state index is 11.7. The molecule has 118 valence electrons. The quantitative estimate of drug-likeness (QED) is 0.541. The van der Waals surface area contributed by atoms with Crippen molar-refractivity contribution in [2.24, 2.45) is 0 Å². The molecule has 21 heavy (non-hydrogen) atoms. The summed E-state index contributed by atoms with van der Waals surface area (Å²) in [6, 6.07) is 3.44. The van der Waals surface area contributed by atoms with Crippen LogP contribution in [-0.2, 0) is 4.79 Å². The van der Waals surface area contributed by atoms with Gasteiger partial charge in [0.25, 0.3) is 0 Å². The van der Waals surface area contributed by atoms with Crippen molar-refractivity contribution in [2.75, 3.05) is 5.32 Å². The van der Waals surface area contributed by atoms with Gasteiger partial charge in [0.2, 0.25) is 5.91 Å². The molecule has 3 nitrogen and oxygen atoms in total. The molecule has 1 rings (SSSR count). The smallest absolute Gasteiger partial charge is 0.225 e. The molecule has 0 saturated carbocycles. The molecule has 0 saturated heterocycles. The zero-order valence-corrected chi connectivity index (χ0v) is 13.8. The molecule has 0 aliphatic heterocycles. The molecule has 4 heteroatoms. The van der Waals surface area contributed by atoms with E-state index in [1.807, 2.05) is 0 Å². The molecule has 1 amide bonds. The molecule has 0 spiro atoms. The number of hydrogen-bond acceptors (Lipinski definition) is 2. The predicted molar refractivity (Wildman–Crippen MR) is 89.7 cm³/mol. The summed E-state index contributed by atoms with van der Waals surface area (Å²) in [5, 5.41) is 3.36. The Balaban J connectivity index is 1.97. The zero-order chi connectivity index (χ0) is 15.3. The van der Waals surface area contributed by atoms with Crippen LogP contribution in [-0.4, -0.2) is 10.9 Å². The zero-order valence-electron chi connectivity index (χ0n) is 13.0. The molecule has 0 aliphatic rings. The Morgan fingerprint density at radius 3 is 2.24 bits per heavy atom. The first-order valence-corrected chi connectivity index (χ1v) is 8.51. The predicted octanol–water partition coefficient (Wildman–Crippen LogP) is 5.59. The molecule has 0 atom stereocenters. The Hall–Kier alpha value is -1.09. The molecular weight excluding hydrogens is 284 g/mol. The largest absolute Gasteiger partial charge is 0.311 e. The van der Waals surface area contributed by atoms with Crippen molar-refractivity contribution < 1.29 is 4.79 Å². The number of rotatable bonds is 11. The van der Waals surface area contributed by atoms with E-state index < -0.39 is 0 Å². The molecule has 1 aromatic heterocycles. The summed E-state index contributed by atoms with van der Waals surface area (Å²) in [6.45, 7) is 2.24. The van der Waals surface area contributed by atoms with E-state index in [0.29, 0.717) is 17.3 Å². The highest BCUT2D eigenvalue weighted by Gasteiger charge is 2.03. The van der Waals surface area contributed by atoms with Crippen molar-refractivity contribution in [1.82, 2.24) is 4.98 Å². The molecule has 1 aromatic rings. The van der Waals surface area contributed by atoms with Gasteiger partial charge in [-0.25, -0.2) is 4.98 Å². The number of amides is 1. The summed E-state index contributed by atoms with van der Waals surface area (Å²) < 4.78 is 0. The second kappa shape index (κ2) is 11.6. The van der Waals surface area contributed by atoms with Crippen molar-refractivity contribution in [3.05, 3.63) is 23.4 Å². The summed E-state index contributed by atoms with van der Waals surface area (Å²) in [4.78, 5) is 15.8. The molecule has 1 heterocycles. The lowest BCUT2D eigenvalue weighted by atomic mass is 10.1. The number of halogens is 1. The highest BCUT2D eigenvalue weighted by molar-refractivity contribution is 6.30. The minimum absolute atomic E-state index is 0.0350. The normalized spacial score (nSPS) is 10.6. The molecule has 0 radical (unpaired) electrons. The number of anilines is 1. The third-order valence-electron chi connectivity index (χ3n) is 3.50. The van der Waals surface area contributed by atoms with Crippen LogP contribution in [0.15, 0.2) is 18.3 Å². The van der Waals surface area contributed by atoms with E-state index in [9.17, 15) is 4.79 Å². The van der Waals surface area contributed by atoms with Crippen molar-refractivity contribution in [1.29, 1.82) is 0 Å². The Morgan fingerprint density at radius 2 is 1.67 bits per heavy atom. The van der Waals surface area contributed by atoms with E-state index >= 15 is 0 Å². The summed E-state index contributed by atoms with van der Waals surface area (Å²) in [5.74, 6) is 0.605. The van der Waals surface area contributed by atoms with Crippen LogP contribution < -0.4 is 5.32 Å². The second-order valence-corrected chi connectivity index (χ2v) is 5.92. The van der Waals surface area contributed by atoms with Gasteiger partial charge in [-0.05, 0) is 18.6 Å². The first kappa shape index (κ1) is 18.0. The van der Waals surface area contributed by atoms with E-state index in [4.69, 9.17) is 11.6 Å². The van der Waals surface area contributed by atoms with Crippen molar-refractivity contribution >= 4 is 23.3 Å². The van der Waals surface area contributed by atoms with Crippen LogP contribution in [0.3, 0.4) is 0 Å². The Kier molecular flexibility index (Phi) is 9.88. The fraction of sp³-hybridized carbons (Fsp3) is 0.647. The standard InChI is InChI=1S/C17H27ClN2O/c1-2-3-4-5-6-7-8-9-10-11-17(21)20-16-13-12-15(18)14-19-16/h12-14H,2-11H2,1H3,(H,19,20,21). The van der Waals surface area contributed by atoms with Gasteiger partial charge < -0.3 is 5.32 Å². The van der Waals surface area contributed by atoms with Crippen molar-refractivity contribution in [2.45, 2.75) is 71.1 Å². The minimum atomic E-state index is 0.0350. The van der Waals surface area contributed by atoms with E-state index in [0.717, 1.165) is 12.8 Å². The lowest BCUT2D eigenvalue weighted by Gasteiger charge is -2.04. The van der Waals surface area contributed by atoms with Crippen LogP contribution in [0.25, 0.3) is 0 Å². The number of nitrogens with zero attached hydrogens (tertiary/aromatic N) is 1. The van der Waals surface area contributed by atoms with Crippen molar-refractivity contribution in [3.8, 4) is 0 Å². The second-order valence-electron chi connectivity index (χ2n) is 5.49. The van der Waals surface area contributed by atoms with E-state index in [1.54, 1.807) is 12.1 Å². The highest BCUT2D eigenvalue weighted by Crippen LogP contribution is 2.12. The molecule has 1 N–H and O–H groups in total. The van der Waals surface area contributed by atoms with Gasteiger partial charge in [-0.2, -0.15) is 0 Å². The average molecular weight is 311 g/mol. The SMILES string of the molecule is CCCCCCCCCCCC(=O)Nc1ccc(Cl)cn1. The van der Waals surface area contributed by atoms with Gasteiger partial charge in [-0.15, -0.1) is 0 Å². The van der Waals surface area contributed by atoms with Gasteiger partial charge in [0.1, 0.15) is 5.82 Å². The molecule has 0 fully saturated rings. The third-order valence-corrected chi connectivity index (χ3v) is 3.73. The van der Waals surface area contributed by atoms with Gasteiger partial charge in [0.15, 0.2) is 0 Å². The Morgan fingerprint density at radius 1 is 1.05 bits per heavy atom. The molecule has 0 aliphatic carbocycles. The number of carbonyl (C=O) groups is 1. The van der Waals surface area contributed by atoms with Crippen LogP contribution in [0.4, 0.5) is 5.82 Å². The number of aromatic nitrogens is 1. The van der Waals surface area contributed by atoms with Crippen LogP contribution in [0.5, 0.6) is 0 Å². The Labute approximate surface area is 133 Å².